The molecule has 1 unspecified atom stereocenters. The number of alkyl halides is 3. The average molecular weight is 449 g/mol. The molecule has 156 valence electrons. The van der Waals surface area contributed by atoms with Crippen LogP contribution in [0.5, 0.6) is 0 Å². The van der Waals surface area contributed by atoms with E-state index in [4.69, 9.17) is 28.9 Å². The fourth-order valence-corrected chi connectivity index (χ4v) is 3.20. The second-order valence-corrected chi connectivity index (χ2v) is 7.33. The summed E-state index contributed by atoms with van der Waals surface area (Å²) in [6, 6.07) is 6.39. The topological polar surface area (TPSA) is 55.1 Å². The van der Waals surface area contributed by atoms with E-state index in [1.807, 2.05) is 0 Å². The van der Waals surface area contributed by atoms with Crippen LogP contribution in [0.1, 0.15) is 39.9 Å². The number of halogens is 6. The van der Waals surface area contributed by atoms with E-state index in [-0.39, 0.29) is 11.5 Å². The normalized spacial score (nSPS) is 14.1. The number of hydrogen-bond donors (Lipinski definition) is 2. The first kappa shape index (κ1) is 23.2. The van der Waals surface area contributed by atoms with Crippen LogP contribution in [0, 0.1) is 12.7 Å². The largest absolute Gasteiger partial charge is 0.399 e. The van der Waals surface area contributed by atoms with Crippen molar-refractivity contribution in [1.29, 1.82) is 0 Å². The Balaban J connectivity index is 2.35. The van der Waals surface area contributed by atoms with Gasteiger partial charge >= 0.3 is 6.18 Å². The summed E-state index contributed by atoms with van der Waals surface area (Å²) >= 11 is 11.3. The first-order chi connectivity index (χ1) is 13.4. The number of hydrogen-bond acceptors (Lipinski definition) is 2. The Morgan fingerprint density at radius 1 is 1.17 bits per heavy atom. The molecule has 2 atom stereocenters. The highest BCUT2D eigenvalue weighted by atomic mass is 35.5. The molecule has 9 heteroatoms. The standard InChI is InChI=1S/C20H18Cl2F4N2O/c1-10-7-12(3-5-14(10)19(29)28-11(2)27)4-6-15(20(24,25)26)13-8-16(21)18(23)17(22)9-13/h3-9,11,15H,27H2,1-2H3,(H,28,29)/b6-4+/t11-,15?/m1/s1. The van der Waals surface area contributed by atoms with Crippen LogP contribution in [0.2, 0.25) is 10.0 Å². The van der Waals surface area contributed by atoms with Crippen molar-refractivity contribution in [3.05, 3.63) is 74.5 Å². The van der Waals surface area contributed by atoms with Gasteiger partial charge in [-0.15, -0.1) is 0 Å². The monoisotopic (exact) mass is 448 g/mol. The summed E-state index contributed by atoms with van der Waals surface area (Å²) in [5.41, 5.74) is 6.63. The van der Waals surface area contributed by atoms with Crippen molar-refractivity contribution in [1.82, 2.24) is 5.32 Å². The van der Waals surface area contributed by atoms with Gasteiger partial charge in [0.05, 0.1) is 22.1 Å². The molecule has 2 aromatic rings. The number of amides is 1. The Labute approximate surface area is 175 Å². The molecule has 29 heavy (non-hydrogen) atoms. The Kier molecular flexibility index (Phi) is 7.32. The number of nitrogens with two attached hydrogens (primary N) is 1. The summed E-state index contributed by atoms with van der Waals surface area (Å²) in [5, 5.41) is 1.56. The lowest BCUT2D eigenvalue weighted by atomic mass is 9.96. The number of carbonyl (C=O) groups is 1. The predicted molar refractivity (Wildman–Crippen MR) is 107 cm³/mol. The van der Waals surface area contributed by atoms with Crippen molar-refractivity contribution in [2.45, 2.75) is 32.1 Å². The summed E-state index contributed by atoms with van der Waals surface area (Å²) in [7, 11) is 0. The molecular weight excluding hydrogens is 431 g/mol. The number of nitrogens with one attached hydrogen (secondary N) is 1. The molecule has 0 bridgehead atoms. The second-order valence-electron chi connectivity index (χ2n) is 6.51. The Morgan fingerprint density at radius 2 is 1.76 bits per heavy atom. The summed E-state index contributed by atoms with van der Waals surface area (Å²) in [5.74, 6) is -3.39. The zero-order valence-electron chi connectivity index (χ0n) is 15.4. The molecule has 0 aliphatic heterocycles. The van der Waals surface area contributed by atoms with Crippen molar-refractivity contribution >= 4 is 35.2 Å². The van der Waals surface area contributed by atoms with Gasteiger partial charge in [-0.1, -0.05) is 47.5 Å². The maximum atomic E-state index is 13.5. The van der Waals surface area contributed by atoms with Crippen LogP contribution in [0.4, 0.5) is 17.6 Å². The van der Waals surface area contributed by atoms with Gasteiger partial charge < -0.3 is 11.1 Å². The van der Waals surface area contributed by atoms with Crippen molar-refractivity contribution in [2.75, 3.05) is 0 Å². The van der Waals surface area contributed by atoms with E-state index in [1.54, 1.807) is 19.9 Å². The third-order valence-electron chi connectivity index (χ3n) is 4.05. The number of aryl methyl sites for hydroxylation is 1. The quantitative estimate of drug-likeness (QED) is 0.343. The molecule has 0 heterocycles. The SMILES string of the molecule is Cc1cc(/C=C/C(c2cc(Cl)c(F)c(Cl)c2)C(F)(F)F)ccc1C(=O)N[C@H](C)N. The maximum absolute atomic E-state index is 13.5. The number of benzene rings is 2. The molecule has 2 aromatic carbocycles. The zero-order chi connectivity index (χ0) is 21.9. The minimum Gasteiger partial charge on any atom is -0.337 e. The number of rotatable bonds is 5. The third kappa shape index (κ3) is 5.95. The summed E-state index contributed by atoms with van der Waals surface area (Å²) in [6.45, 7) is 3.27. The van der Waals surface area contributed by atoms with E-state index >= 15 is 0 Å². The van der Waals surface area contributed by atoms with Crippen molar-refractivity contribution in [3.63, 3.8) is 0 Å². The van der Waals surface area contributed by atoms with Crippen LogP contribution in [-0.2, 0) is 0 Å². The summed E-state index contributed by atoms with van der Waals surface area (Å²) < 4.78 is 54.2. The van der Waals surface area contributed by atoms with Crippen LogP contribution < -0.4 is 11.1 Å². The van der Waals surface area contributed by atoms with Gasteiger partial charge in [-0.2, -0.15) is 13.2 Å². The molecule has 0 aromatic heterocycles. The molecule has 3 nitrogen and oxygen atoms in total. The van der Waals surface area contributed by atoms with Gasteiger partial charge in [-0.25, -0.2) is 4.39 Å². The lowest BCUT2D eigenvalue weighted by Gasteiger charge is -2.18. The van der Waals surface area contributed by atoms with Crippen LogP contribution in [0.3, 0.4) is 0 Å². The summed E-state index contributed by atoms with van der Waals surface area (Å²) in [6.07, 6.45) is -2.99. The smallest absolute Gasteiger partial charge is 0.337 e. The number of carbonyl (C=O) groups excluding carboxylic acids is 1. The fourth-order valence-electron chi connectivity index (χ4n) is 2.70. The van der Waals surface area contributed by atoms with Crippen LogP contribution >= 0.6 is 23.2 Å². The minimum absolute atomic E-state index is 0.283. The third-order valence-corrected chi connectivity index (χ3v) is 4.60. The molecule has 0 saturated carbocycles. The first-order valence-corrected chi connectivity index (χ1v) is 9.22. The van der Waals surface area contributed by atoms with Gasteiger partial charge in [0, 0.05) is 5.56 Å². The molecule has 0 saturated heterocycles. The van der Waals surface area contributed by atoms with Gasteiger partial charge in [0.2, 0.25) is 0 Å². The molecule has 0 spiro atoms. The van der Waals surface area contributed by atoms with E-state index in [9.17, 15) is 22.4 Å². The van der Waals surface area contributed by atoms with Gasteiger partial charge in [-0.05, 0) is 48.7 Å². The lowest BCUT2D eigenvalue weighted by molar-refractivity contribution is -0.139. The van der Waals surface area contributed by atoms with E-state index in [0.29, 0.717) is 16.7 Å². The van der Waals surface area contributed by atoms with E-state index in [2.05, 4.69) is 5.32 Å². The number of allylic oxidation sites excluding steroid dienone is 1. The molecule has 0 fully saturated rings. The molecular formula is C20H18Cl2F4N2O. The molecule has 0 aliphatic carbocycles. The Hall–Kier alpha value is -2.09. The highest BCUT2D eigenvalue weighted by Gasteiger charge is 2.39. The van der Waals surface area contributed by atoms with Crippen molar-refractivity contribution in [3.8, 4) is 0 Å². The van der Waals surface area contributed by atoms with Gasteiger partial charge in [-0.3, -0.25) is 4.79 Å². The minimum atomic E-state index is -4.65. The zero-order valence-corrected chi connectivity index (χ0v) is 17.0. The average Bonchev–Trinajstić information content (AvgIpc) is 2.57. The van der Waals surface area contributed by atoms with Gasteiger partial charge in [0.1, 0.15) is 0 Å². The predicted octanol–water partition coefficient (Wildman–Crippen LogP) is 5.83. The molecule has 0 aliphatic rings. The lowest BCUT2D eigenvalue weighted by Crippen LogP contribution is -2.39. The van der Waals surface area contributed by atoms with E-state index < -0.39 is 34.1 Å². The summed E-state index contributed by atoms with van der Waals surface area (Å²) in [4.78, 5) is 12.0. The Morgan fingerprint density at radius 3 is 2.24 bits per heavy atom. The van der Waals surface area contributed by atoms with Crippen molar-refractivity contribution in [2.24, 2.45) is 5.73 Å². The second kappa shape index (κ2) is 9.15. The van der Waals surface area contributed by atoms with E-state index in [0.717, 1.165) is 18.2 Å². The maximum Gasteiger partial charge on any atom is 0.399 e. The molecule has 2 rings (SSSR count). The van der Waals surface area contributed by atoms with Crippen LogP contribution in [0.15, 0.2) is 36.4 Å². The van der Waals surface area contributed by atoms with Crippen LogP contribution in [0.25, 0.3) is 6.08 Å². The van der Waals surface area contributed by atoms with Gasteiger partial charge in [0.25, 0.3) is 5.91 Å². The van der Waals surface area contributed by atoms with Gasteiger partial charge in [0.15, 0.2) is 5.82 Å². The fraction of sp³-hybridized carbons (Fsp3) is 0.250. The Bertz CT molecular complexity index is 920. The molecule has 0 radical (unpaired) electrons. The first-order valence-electron chi connectivity index (χ1n) is 8.46. The highest BCUT2D eigenvalue weighted by molar-refractivity contribution is 6.35. The highest BCUT2D eigenvalue weighted by Crippen LogP contribution is 2.39. The van der Waals surface area contributed by atoms with E-state index in [1.165, 1.54) is 18.2 Å². The molecule has 3 N–H and O–H groups in total. The van der Waals surface area contributed by atoms with Crippen LogP contribution in [-0.4, -0.2) is 18.2 Å². The van der Waals surface area contributed by atoms with Crippen molar-refractivity contribution < 1.29 is 22.4 Å². The molecule has 1 amide bonds.